The lowest BCUT2D eigenvalue weighted by atomic mass is 9.78. The van der Waals surface area contributed by atoms with Crippen LogP contribution in [-0.2, 0) is 0 Å². The fourth-order valence-electron chi connectivity index (χ4n) is 3.24. The summed E-state index contributed by atoms with van der Waals surface area (Å²) in [7, 11) is 0. The van der Waals surface area contributed by atoms with Gasteiger partial charge in [0, 0.05) is 0 Å². The molecule has 2 unspecified atom stereocenters. The van der Waals surface area contributed by atoms with Crippen molar-refractivity contribution in [2.24, 2.45) is 11.8 Å². The molecule has 0 fully saturated rings. The Balaban J connectivity index is 1.85. The van der Waals surface area contributed by atoms with Crippen molar-refractivity contribution in [1.29, 1.82) is 0 Å². The molecule has 1 aromatic rings. The average Bonchev–Trinajstić information content (AvgIpc) is 2.48. The first-order valence-electron chi connectivity index (χ1n) is 8.05. The summed E-state index contributed by atoms with van der Waals surface area (Å²) in [4.78, 5) is 0. The lowest BCUT2D eigenvalue weighted by Gasteiger charge is -2.27. The highest BCUT2D eigenvalue weighted by Crippen LogP contribution is 2.35. The fourth-order valence-corrected chi connectivity index (χ4v) is 3.24. The zero-order chi connectivity index (χ0) is 13.5. The predicted octanol–water partition coefficient (Wildman–Crippen LogP) is 6.09. The van der Waals surface area contributed by atoms with Gasteiger partial charge >= 0.3 is 0 Å². The molecule has 0 aliphatic heterocycles. The lowest BCUT2D eigenvalue weighted by Crippen LogP contribution is -2.14. The Kier molecular flexibility index (Phi) is 5.69. The molecule has 1 aliphatic carbocycles. The maximum absolute atomic E-state index is 2.50. The molecule has 0 heteroatoms. The molecule has 19 heavy (non-hydrogen) atoms. The molecule has 2 rings (SSSR count). The van der Waals surface area contributed by atoms with Gasteiger partial charge in [0.05, 0.1) is 0 Å². The molecule has 0 heterocycles. The molecule has 0 bridgehead atoms. The largest absolute Gasteiger partial charge is 0.0804 e. The third-order valence-corrected chi connectivity index (χ3v) is 4.66. The summed E-state index contributed by atoms with van der Waals surface area (Å²) in [6.07, 6.45) is 12.0. The fraction of sp³-hybridized carbons (Fsp3) is 0.579. The van der Waals surface area contributed by atoms with Crippen LogP contribution in [0.4, 0.5) is 0 Å². The van der Waals surface area contributed by atoms with Gasteiger partial charge < -0.3 is 0 Å². The number of hydrogen-bond acceptors (Lipinski definition) is 0. The highest BCUT2D eigenvalue weighted by atomic mass is 14.3. The van der Waals surface area contributed by atoms with Crippen molar-refractivity contribution in [3.8, 4) is 0 Å². The van der Waals surface area contributed by atoms with Gasteiger partial charge in [-0.15, -0.1) is 0 Å². The van der Waals surface area contributed by atoms with Crippen molar-refractivity contribution in [1.82, 2.24) is 0 Å². The number of allylic oxidation sites excluding steroid dienone is 2. The van der Waals surface area contributed by atoms with Crippen LogP contribution in [0.3, 0.4) is 0 Å². The van der Waals surface area contributed by atoms with E-state index in [0.29, 0.717) is 0 Å². The van der Waals surface area contributed by atoms with Crippen LogP contribution in [0.1, 0.15) is 64.4 Å². The predicted molar refractivity (Wildman–Crippen MR) is 85.1 cm³/mol. The molecule has 0 saturated carbocycles. The summed E-state index contributed by atoms with van der Waals surface area (Å²) in [5, 5.41) is 0. The Bertz CT molecular complexity index is 388. The Morgan fingerprint density at radius 1 is 1.16 bits per heavy atom. The first-order valence-corrected chi connectivity index (χ1v) is 8.05. The first-order chi connectivity index (χ1) is 9.31. The summed E-state index contributed by atoms with van der Waals surface area (Å²) in [5.41, 5.74) is 3.00. The van der Waals surface area contributed by atoms with Crippen LogP contribution in [-0.4, -0.2) is 0 Å². The van der Waals surface area contributed by atoms with E-state index in [9.17, 15) is 0 Å². The molecule has 0 saturated heterocycles. The van der Waals surface area contributed by atoms with Crippen molar-refractivity contribution < 1.29 is 0 Å². The molecule has 1 aliphatic rings. The van der Waals surface area contributed by atoms with Crippen LogP contribution in [0.25, 0.3) is 5.57 Å². The van der Waals surface area contributed by atoms with Gasteiger partial charge in [0.25, 0.3) is 0 Å². The summed E-state index contributed by atoms with van der Waals surface area (Å²) in [6, 6.07) is 10.9. The van der Waals surface area contributed by atoms with Gasteiger partial charge in [-0.3, -0.25) is 0 Å². The number of benzene rings is 1. The zero-order valence-electron chi connectivity index (χ0n) is 12.6. The van der Waals surface area contributed by atoms with E-state index in [0.717, 1.165) is 11.8 Å². The van der Waals surface area contributed by atoms with Crippen LogP contribution in [0.15, 0.2) is 36.4 Å². The van der Waals surface area contributed by atoms with Crippen LogP contribution in [0.5, 0.6) is 0 Å². The topological polar surface area (TPSA) is 0 Å². The van der Waals surface area contributed by atoms with E-state index in [1.165, 1.54) is 50.5 Å². The van der Waals surface area contributed by atoms with Gasteiger partial charge in [-0.05, 0) is 42.2 Å². The van der Waals surface area contributed by atoms with E-state index >= 15 is 0 Å². The molecule has 0 spiro atoms. The third kappa shape index (κ3) is 4.23. The third-order valence-electron chi connectivity index (χ3n) is 4.66. The van der Waals surface area contributed by atoms with E-state index in [2.05, 4.69) is 50.3 Å². The van der Waals surface area contributed by atoms with E-state index in [4.69, 9.17) is 0 Å². The standard InChI is InChI=1S/C19H28/c1-3-4-6-9-16(2)17-12-14-19(15-13-17)18-10-7-5-8-11-18/h5,7-8,10-11,14,16-17H,3-4,6,9,12-13,15H2,1-2H3. The second kappa shape index (κ2) is 7.53. The molecule has 0 amide bonds. The normalized spacial score (nSPS) is 20.9. The van der Waals surface area contributed by atoms with Crippen LogP contribution in [0.2, 0.25) is 0 Å². The van der Waals surface area contributed by atoms with Crippen LogP contribution >= 0.6 is 0 Å². The maximum atomic E-state index is 2.50. The molecule has 1 aromatic carbocycles. The van der Waals surface area contributed by atoms with Gasteiger partial charge in [-0.2, -0.15) is 0 Å². The summed E-state index contributed by atoms with van der Waals surface area (Å²) in [6.45, 7) is 4.75. The van der Waals surface area contributed by atoms with E-state index in [-0.39, 0.29) is 0 Å². The van der Waals surface area contributed by atoms with Gasteiger partial charge in [0.1, 0.15) is 0 Å². The van der Waals surface area contributed by atoms with E-state index in [1.54, 1.807) is 5.57 Å². The van der Waals surface area contributed by atoms with Crippen molar-refractivity contribution in [2.75, 3.05) is 0 Å². The summed E-state index contributed by atoms with van der Waals surface area (Å²) < 4.78 is 0. The quantitative estimate of drug-likeness (QED) is 0.540. The van der Waals surface area contributed by atoms with E-state index < -0.39 is 0 Å². The van der Waals surface area contributed by atoms with Crippen molar-refractivity contribution >= 4 is 5.57 Å². The first kappa shape index (κ1) is 14.4. The molecule has 0 radical (unpaired) electrons. The second-order valence-electron chi connectivity index (χ2n) is 6.10. The minimum Gasteiger partial charge on any atom is -0.0804 e. The van der Waals surface area contributed by atoms with Crippen molar-refractivity contribution in [3.05, 3.63) is 42.0 Å². The number of rotatable bonds is 6. The average molecular weight is 256 g/mol. The van der Waals surface area contributed by atoms with E-state index in [1.807, 2.05) is 0 Å². The van der Waals surface area contributed by atoms with Crippen LogP contribution < -0.4 is 0 Å². The summed E-state index contributed by atoms with van der Waals surface area (Å²) in [5.74, 6) is 1.82. The Labute approximate surface area is 118 Å². The SMILES string of the molecule is CCCCCC(C)C1CC=C(c2ccccc2)CC1. The van der Waals surface area contributed by atoms with Crippen LogP contribution in [0, 0.1) is 11.8 Å². The molecule has 0 N–H and O–H groups in total. The highest BCUT2D eigenvalue weighted by Gasteiger charge is 2.20. The molecule has 0 aromatic heterocycles. The lowest BCUT2D eigenvalue weighted by molar-refractivity contribution is 0.308. The second-order valence-corrected chi connectivity index (χ2v) is 6.10. The number of unbranched alkanes of at least 4 members (excludes halogenated alkanes) is 2. The monoisotopic (exact) mass is 256 g/mol. The maximum Gasteiger partial charge on any atom is -0.0228 e. The van der Waals surface area contributed by atoms with Crippen molar-refractivity contribution in [3.63, 3.8) is 0 Å². The highest BCUT2D eigenvalue weighted by molar-refractivity contribution is 5.66. The minimum atomic E-state index is 0.903. The zero-order valence-corrected chi connectivity index (χ0v) is 12.6. The Morgan fingerprint density at radius 2 is 1.95 bits per heavy atom. The molecule has 2 atom stereocenters. The van der Waals surface area contributed by atoms with Gasteiger partial charge in [0.2, 0.25) is 0 Å². The van der Waals surface area contributed by atoms with Gasteiger partial charge in [-0.25, -0.2) is 0 Å². The van der Waals surface area contributed by atoms with Gasteiger partial charge in [0.15, 0.2) is 0 Å². The van der Waals surface area contributed by atoms with Crippen molar-refractivity contribution in [2.45, 2.75) is 58.8 Å². The number of hydrogen-bond donors (Lipinski definition) is 0. The Hall–Kier alpha value is -1.04. The summed E-state index contributed by atoms with van der Waals surface area (Å²) >= 11 is 0. The smallest absolute Gasteiger partial charge is 0.0228 e. The molecular weight excluding hydrogens is 228 g/mol. The Morgan fingerprint density at radius 3 is 2.58 bits per heavy atom. The molecule has 0 nitrogen and oxygen atoms in total. The minimum absolute atomic E-state index is 0.903. The molecule has 104 valence electrons. The van der Waals surface area contributed by atoms with Gasteiger partial charge in [-0.1, -0.05) is 75.9 Å². The molecular formula is C19H28.